The first-order valence-corrected chi connectivity index (χ1v) is 8.57. The van der Waals surface area contributed by atoms with Gasteiger partial charge >= 0.3 is 0 Å². The van der Waals surface area contributed by atoms with Crippen LogP contribution in [-0.4, -0.2) is 44.1 Å². The molecule has 1 rings (SSSR count). The maximum Gasteiger partial charge on any atom is 0.188 e. The van der Waals surface area contributed by atoms with Gasteiger partial charge in [0.2, 0.25) is 0 Å². The van der Waals surface area contributed by atoms with Gasteiger partial charge < -0.3 is 15.8 Å². The van der Waals surface area contributed by atoms with Gasteiger partial charge in [0, 0.05) is 6.54 Å². The fraction of sp³-hybridized carbons (Fsp3) is 0.611. The van der Waals surface area contributed by atoms with Gasteiger partial charge in [-0.05, 0) is 37.2 Å². The third-order valence-corrected chi connectivity index (χ3v) is 4.00. The van der Waals surface area contributed by atoms with Gasteiger partial charge in [0.05, 0.1) is 19.7 Å². The van der Waals surface area contributed by atoms with E-state index < -0.39 is 0 Å². The lowest BCUT2D eigenvalue weighted by molar-refractivity contribution is 0.224. The van der Waals surface area contributed by atoms with Gasteiger partial charge in [0.15, 0.2) is 5.96 Å². The van der Waals surface area contributed by atoms with Crippen molar-refractivity contribution in [2.75, 3.05) is 33.3 Å². The summed E-state index contributed by atoms with van der Waals surface area (Å²) in [6.07, 6.45) is 2.25. The minimum Gasteiger partial charge on any atom is -0.497 e. The van der Waals surface area contributed by atoms with Crippen molar-refractivity contribution in [3.05, 3.63) is 29.8 Å². The molecule has 1 atom stereocenters. The molecule has 0 aliphatic rings. The molecule has 0 aliphatic heterocycles. The van der Waals surface area contributed by atoms with Crippen LogP contribution in [-0.2, 0) is 0 Å². The van der Waals surface area contributed by atoms with Crippen LogP contribution in [0, 0.1) is 0 Å². The Bertz CT molecular complexity index is 472. The number of nitrogens with zero attached hydrogens (tertiary/aromatic N) is 2. The Labute approximate surface area is 140 Å². The van der Waals surface area contributed by atoms with E-state index in [2.05, 4.69) is 48.1 Å². The van der Waals surface area contributed by atoms with E-state index in [1.807, 2.05) is 12.1 Å². The average molecular weight is 320 g/mol. The van der Waals surface area contributed by atoms with Crippen molar-refractivity contribution in [1.82, 2.24) is 10.2 Å². The molecule has 1 aromatic rings. The highest BCUT2D eigenvalue weighted by Crippen LogP contribution is 2.24. The summed E-state index contributed by atoms with van der Waals surface area (Å²) in [5.41, 5.74) is 7.18. The van der Waals surface area contributed by atoms with Crippen molar-refractivity contribution in [3.63, 3.8) is 0 Å². The van der Waals surface area contributed by atoms with Crippen molar-refractivity contribution >= 4 is 5.96 Å². The number of unbranched alkanes of at least 4 members (excludes halogenated alkanes) is 1. The third kappa shape index (κ3) is 6.48. The Balaban J connectivity index is 2.86. The highest BCUT2D eigenvalue weighted by Gasteiger charge is 2.18. The molecule has 0 spiro atoms. The number of guanidine groups is 1. The molecule has 1 unspecified atom stereocenters. The zero-order valence-corrected chi connectivity index (χ0v) is 15.0. The average Bonchev–Trinajstić information content (AvgIpc) is 2.58. The number of ether oxygens (including phenoxy) is 1. The van der Waals surface area contributed by atoms with Crippen molar-refractivity contribution in [1.29, 1.82) is 0 Å². The quantitative estimate of drug-likeness (QED) is 0.395. The zero-order chi connectivity index (χ0) is 17.1. The first-order chi connectivity index (χ1) is 11.2. The molecule has 130 valence electrons. The molecule has 0 aromatic heterocycles. The van der Waals surface area contributed by atoms with E-state index in [4.69, 9.17) is 10.5 Å². The van der Waals surface area contributed by atoms with E-state index in [0.29, 0.717) is 12.5 Å². The van der Waals surface area contributed by atoms with E-state index in [1.165, 1.54) is 5.56 Å². The van der Waals surface area contributed by atoms with Crippen LogP contribution in [0.15, 0.2) is 29.3 Å². The summed E-state index contributed by atoms with van der Waals surface area (Å²) in [6.45, 7) is 9.95. The smallest absolute Gasteiger partial charge is 0.188 e. The van der Waals surface area contributed by atoms with Gasteiger partial charge in [0.1, 0.15) is 5.75 Å². The Morgan fingerprint density at radius 3 is 2.65 bits per heavy atom. The zero-order valence-electron chi connectivity index (χ0n) is 15.0. The monoisotopic (exact) mass is 320 g/mol. The maximum absolute atomic E-state index is 5.98. The van der Waals surface area contributed by atoms with Crippen LogP contribution in [0.3, 0.4) is 0 Å². The maximum atomic E-state index is 5.98. The van der Waals surface area contributed by atoms with Crippen molar-refractivity contribution in [3.8, 4) is 5.75 Å². The van der Waals surface area contributed by atoms with E-state index in [-0.39, 0.29) is 6.04 Å². The molecule has 0 heterocycles. The standard InChI is InChI=1S/C18H32N4O/c1-5-8-12-20-18(19)21-14-17(22(6-2)7-3)15-10-9-11-16(13-15)23-4/h9-11,13,17H,5-8,12,14H2,1-4H3,(H3,19,20,21). The summed E-state index contributed by atoms with van der Waals surface area (Å²) in [4.78, 5) is 6.93. The predicted molar refractivity (Wildman–Crippen MR) is 98.1 cm³/mol. The summed E-state index contributed by atoms with van der Waals surface area (Å²) < 4.78 is 5.35. The number of hydrogen-bond donors (Lipinski definition) is 2. The number of nitrogens with two attached hydrogens (primary N) is 1. The molecule has 1 aromatic carbocycles. The minimum atomic E-state index is 0.201. The molecule has 0 bridgehead atoms. The lowest BCUT2D eigenvalue weighted by atomic mass is 10.0. The number of rotatable bonds is 10. The normalized spacial score (nSPS) is 13.2. The summed E-state index contributed by atoms with van der Waals surface area (Å²) >= 11 is 0. The van der Waals surface area contributed by atoms with Crippen LogP contribution in [0.1, 0.15) is 45.2 Å². The number of methoxy groups -OCH3 is 1. The van der Waals surface area contributed by atoms with Gasteiger partial charge in [-0.1, -0.05) is 39.3 Å². The fourth-order valence-electron chi connectivity index (χ4n) is 2.58. The van der Waals surface area contributed by atoms with Crippen LogP contribution in [0.5, 0.6) is 5.75 Å². The second-order valence-electron chi connectivity index (χ2n) is 5.52. The summed E-state index contributed by atoms with van der Waals surface area (Å²) in [5.74, 6) is 1.40. The largest absolute Gasteiger partial charge is 0.497 e. The first kappa shape index (κ1) is 19.3. The molecule has 3 N–H and O–H groups in total. The molecule has 0 fully saturated rings. The summed E-state index contributed by atoms with van der Waals surface area (Å²) in [7, 11) is 1.69. The van der Waals surface area contributed by atoms with E-state index >= 15 is 0 Å². The Morgan fingerprint density at radius 1 is 1.30 bits per heavy atom. The highest BCUT2D eigenvalue weighted by atomic mass is 16.5. The molecular formula is C18H32N4O. The number of nitrogens with one attached hydrogen (secondary N) is 1. The molecule has 23 heavy (non-hydrogen) atoms. The molecule has 0 aliphatic carbocycles. The van der Waals surface area contributed by atoms with Crippen LogP contribution in [0.25, 0.3) is 0 Å². The van der Waals surface area contributed by atoms with Crippen LogP contribution in [0.4, 0.5) is 0 Å². The van der Waals surface area contributed by atoms with Gasteiger partial charge in [-0.25, -0.2) is 0 Å². The van der Waals surface area contributed by atoms with E-state index in [0.717, 1.165) is 38.2 Å². The van der Waals surface area contributed by atoms with Crippen molar-refractivity contribution in [2.45, 2.75) is 39.7 Å². The lowest BCUT2D eigenvalue weighted by Crippen LogP contribution is -2.35. The number of aliphatic imine (C=N–C) groups is 1. The Morgan fingerprint density at radius 2 is 2.04 bits per heavy atom. The van der Waals surface area contributed by atoms with Gasteiger partial charge in [-0.15, -0.1) is 0 Å². The minimum absolute atomic E-state index is 0.201. The SMILES string of the molecule is CCCCNC(N)=NCC(c1cccc(OC)c1)N(CC)CC. The lowest BCUT2D eigenvalue weighted by Gasteiger charge is -2.29. The second-order valence-corrected chi connectivity index (χ2v) is 5.52. The fourth-order valence-corrected chi connectivity index (χ4v) is 2.58. The van der Waals surface area contributed by atoms with Gasteiger partial charge in [0.25, 0.3) is 0 Å². The van der Waals surface area contributed by atoms with Crippen molar-refractivity contribution in [2.24, 2.45) is 10.7 Å². The third-order valence-electron chi connectivity index (χ3n) is 4.00. The van der Waals surface area contributed by atoms with Gasteiger partial charge in [-0.2, -0.15) is 0 Å². The van der Waals surface area contributed by atoms with Crippen LogP contribution in [0.2, 0.25) is 0 Å². The molecule has 0 saturated heterocycles. The molecular weight excluding hydrogens is 288 g/mol. The second kappa shape index (κ2) is 10.9. The molecule has 5 heteroatoms. The van der Waals surface area contributed by atoms with Crippen LogP contribution < -0.4 is 15.8 Å². The van der Waals surface area contributed by atoms with Crippen molar-refractivity contribution < 1.29 is 4.74 Å². The number of likely N-dealkylation sites (N-methyl/N-ethyl adjacent to an activating group) is 1. The van der Waals surface area contributed by atoms with Gasteiger partial charge in [-0.3, -0.25) is 9.89 Å². The molecule has 0 saturated carbocycles. The summed E-state index contributed by atoms with van der Waals surface area (Å²) in [6, 6.07) is 8.40. The number of hydrogen-bond acceptors (Lipinski definition) is 3. The molecule has 0 radical (unpaired) electrons. The highest BCUT2D eigenvalue weighted by molar-refractivity contribution is 5.77. The number of benzene rings is 1. The van der Waals surface area contributed by atoms with Crippen LogP contribution >= 0.6 is 0 Å². The Hall–Kier alpha value is -1.75. The molecule has 0 amide bonds. The topological polar surface area (TPSA) is 62.9 Å². The van der Waals surface area contributed by atoms with E-state index in [1.54, 1.807) is 7.11 Å². The first-order valence-electron chi connectivity index (χ1n) is 8.57. The molecule has 5 nitrogen and oxygen atoms in total. The van der Waals surface area contributed by atoms with E-state index in [9.17, 15) is 0 Å². The Kier molecular flexibility index (Phi) is 9.14. The summed E-state index contributed by atoms with van der Waals surface area (Å²) in [5, 5.41) is 3.17. The predicted octanol–water partition coefficient (Wildman–Crippen LogP) is 2.78.